The molecule has 106 valence electrons. The lowest BCUT2D eigenvalue weighted by Gasteiger charge is -2.39. The first-order valence-corrected chi connectivity index (χ1v) is 7.67. The molecule has 2 aliphatic rings. The summed E-state index contributed by atoms with van der Waals surface area (Å²) in [7, 11) is 0. The van der Waals surface area contributed by atoms with Crippen LogP contribution in [0.1, 0.15) is 39.5 Å². The highest BCUT2D eigenvalue weighted by atomic mass is 16.5. The largest absolute Gasteiger partial charge is 0.381 e. The minimum absolute atomic E-state index is 0.474. The maximum absolute atomic E-state index is 6.09. The Morgan fingerprint density at radius 1 is 1.11 bits per heavy atom. The Bertz CT molecular complexity index is 227. The van der Waals surface area contributed by atoms with Crippen LogP contribution in [-0.4, -0.2) is 39.0 Å². The summed E-state index contributed by atoms with van der Waals surface area (Å²) >= 11 is 0. The molecular weight excluding hydrogens is 226 g/mol. The topological polar surface area (TPSA) is 30.5 Å². The summed E-state index contributed by atoms with van der Waals surface area (Å²) in [5, 5.41) is 3.61. The van der Waals surface area contributed by atoms with Crippen LogP contribution in [0.15, 0.2) is 0 Å². The second kappa shape index (κ2) is 7.46. The summed E-state index contributed by atoms with van der Waals surface area (Å²) in [5.41, 5.74) is 0. The van der Waals surface area contributed by atoms with E-state index in [1.807, 2.05) is 0 Å². The summed E-state index contributed by atoms with van der Waals surface area (Å²) in [5.74, 6) is 2.17. The first kappa shape index (κ1) is 14.3. The van der Waals surface area contributed by atoms with Crippen molar-refractivity contribution in [3.05, 3.63) is 0 Å². The lowest BCUT2D eigenvalue weighted by atomic mass is 9.82. The number of nitrogens with one attached hydrogen (secondary N) is 1. The zero-order valence-corrected chi connectivity index (χ0v) is 12.0. The first-order valence-electron chi connectivity index (χ1n) is 7.67. The van der Waals surface area contributed by atoms with Gasteiger partial charge < -0.3 is 14.8 Å². The summed E-state index contributed by atoms with van der Waals surface area (Å²) in [6.07, 6.45) is 5.40. The Labute approximate surface area is 112 Å². The third-order valence-corrected chi connectivity index (χ3v) is 4.18. The molecule has 1 N–H and O–H groups in total. The van der Waals surface area contributed by atoms with Gasteiger partial charge in [0.2, 0.25) is 0 Å². The van der Waals surface area contributed by atoms with Crippen molar-refractivity contribution in [1.82, 2.24) is 5.32 Å². The monoisotopic (exact) mass is 255 g/mol. The van der Waals surface area contributed by atoms with E-state index >= 15 is 0 Å². The average molecular weight is 255 g/mol. The number of hydrogen-bond acceptors (Lipinski definition) is 3. The molecule has 2 unspecified atom stereocenters. The number of ether oxygens (including phenoxy) is 2. The minimum Gasteiger partial charge on any atom is -0.381 e. The van der Waals surface area contributed by atoms with E-state index in [0.29, 0.717) is 12.0 Å². The van der Waals surface area contributed by atoms with Crippen LogP contribution in [0.25, 0.3) is 0 Å². The Kier molecular flexibility index (Phi) is 5.93. The first-order chi connectivity index (χ1) is 8.77. The zero-order valence-electron chi connectivity index (χ0n) is 12.0. The molecule has 3 nitrogen and oxygen atoms in total. The predicted molar refractivity (Wildman–Crippen MR) is 73.7 cm³/mol. The molecule has 2 fully saturated rings. The van der Waals surface area contributed by atoms with Gasteiger partial charge >= 0.3 is 0 Å². The molecular formula is C15H29NO2. The Balaban J connectivity index is 1.80. The van der Waals surface area contributed by atoms with Crippen LogP contribution in [-0.2, 0) is 9.47 Å². The summed E-state index contributed by atoms with van der Waals surface area (Å²) in [6.45, 7) is 9.59. The molecule has 2 saturated heterocycles. The van der Waals surface area contributed by atoms with E-state index in [9.17, 15) is 0 Å². The van der Waals surface area contributed by atoms with E-state index in [0.717, 1.165) is 44.7 Å². The van der Waals surface area contributed by atoms with Gasteiger partial charge in [-0.3, -0.25) is 0 Å². The average Bonchev–Trinajstić information content (AvgIpc) is 2.40. The summed E-state index contributed by atoms with van der Waals surface area (Å²) in [6, 6.07) is 0. The van der Waals surface area contributed by atoms with Crippen molar-refractivity contribution in [3.8, 4) is 0 Å². The standard InChI is InChI=1S/C15H29NO2/c1-12(2)10-16-11-14-4-3-7-18-15(14)13-5-8-17-9-6-13/h12-16H,3-11H2,1-2H3. The van der Waals surface area contributed by atoms with Gasteiger partial charge in [0.25, 0.3) is 0 Å². The smallest absolute Gasteiger partial charge is 0.0645 e. The van der Waals surface area contributed by atoms with Crippen molar-refractivity contribution in [3.63, 3.8) is 0 Å². The van der Waals surface area contributed by atoms with E-state index < -0.39 is 0 Å². The molecule has 2 atom stereocenters. The Morgan fingerprint density at radius 3 is 2.61 bits per heavy atom. The van der Waals surface area contributed by atoms with Gasteiger partial charge in [-0.25, -0.2) is 0 Å². The predicted octanol–water partition coefficient (Wildman–Crippen LogP) is 2.45. The van der Waals surface area contributed by atoms with Gasteiger partial charge in [-0.2, -0.15) is 0 Å². The molecule has 0 bridgehead atoms. The zero-order chi connectivity index (χ0) is 12.8. The summed E-state index contributed by atoms with van der Waals surface area (Å²) < 4.78 is 11.6. The molecule has 2 aliphatic heterocycles. The van der Waals surface area contributed by atoms with Crippen LogP contribution in [0.2, 0.25) is 0 Å². The lowest BCUT2D eigenvalue weighted by molar-refractivity contribution is -0.0859. The molecule has 18 heavy (non-hydrogen) atoms. The van der Waals surface area contributed by atoms with Crippen molar-refractivity contribution in [2.24, 2.45) is 17.8 Å². The van der Waals surface area contributed by atoms with Crippen LogP contribution >= 0.6 is 0 Å². The van der Waals surface area contributed by atoms with Gasteiger partial charge in [-0.05, 0) is 50.0 Å². The molecule has 0 saturated carbocycles. The van der Waals surface area contributed by atoms with Crippen molar-refractivity contribution >= 4 is 0 Å². The van der Waals surface area contributed by atoms with Crippen molar-refractivity contribution in [2.75, 3.05) is 32.9 Å². The second-order valence-electron chi connectivity index (χ2n) is 6.24. The normalized spacial score (nSPS) is 30.8. The van der Waals surface area contributed by atoms with Crippen LogP contribution in [0.5, 0.6) is 0 Å². The molecule has 0 spiro atoms. The maximum Gasteiger partial charge on any atom is 0.0645 e. The highest BCUT2D eigenvalue weighted by Crippen LogP contribution is 2.31. The molecule has 0 aromatic heterocycles. The summed E-state index contributed by atoms with van der Waals surface area (Å²) in [4.78, 5) is 0. The van der Waals surface area contributed by atoms with Gasteiger partial charge in [0.15, 0.2) is 0 Å². The maximum atomic E-state index is 6.09. The van der Waals surface area contributed by atoms with Gasteiger partial charge in [-0.1, -0.05) is 13.8 Å². The fourth-order valence-electron chi connectivity index (χ4n) is 3.21. The second-order valence-corrected chi connectivity index (χ2v) is 6.24. The van der Waals surface area contributed by atoms with E-state index in [-0.39, 0.29) is 0 Å². The Hall–Kier alpha value is -0.120. The van der Waals surface area contributed by atoms with Gasteiger partial charge in [0.05, 0.1) is 6.10 Å². The van der Waals surface area contributed by atoms with Crippen LogP contribution in [0.3, 0.4) is 0 Å². The number of hydrogen-bond donors (Lipinski definition) is 1. The molecule has 0 radical (unpaired) electrons. The molecule has 2 heterocycles. The van der Waals surface area contributed by atoms with Crippen LogP contribution < -0.4 is 5.32 Å². The van der Waals surface area contributed by atoms with Crippen molar-refractivity contribution in [1.29, 1.82) is 0 Å². The molecule has 3 heteroatoms. The van der Waals surface area contributed by atoms with E-state index in [4.69, 9.17) is 9.47 Å². The van der Waals surface area contributed by atoms with E-state index in [1.54, 1.807) is 0 Å². The van der Waals surface area contributed by atoms with Gasteiger partial charge in [-0.15, -0.1) is 0 Å². The quantitative estimate of drug-likeness (QED) is 0.818. The van der Waals surface area contributed by atoms with Gasteiger partial charge in [0.1, 0.15) is 0 Å². The highest BCUT2D eigenvalue weighted by Gasteiger charge is 2.33. The fourth-order valence-corrected chi connectivity index (χ4v) is 3.21. The molecule has 0 amide bonds. The third-order valence-electron chi connectivity index (χ3n) is 4.18. The van der Waals surface area contributed by atoms with Gasteiger partial charge in [0, 0.05) is 26.4 Å². The highest BCUT2D eigenvalue weighted by molar-refractivity contribution is 4.83. The Morgan fingerprint density at radius 2 is 1.89 bits per heavy atom. The van der Waals surface area contributed by atoms with E-state index in [1.165, 1.54) is 25.7 Å². The SMILES string of the molecule is CC(C)CNCC1CCCOC1C1CCOCC1. The van der Waals surface area contributed by atoms with Crippen molar-refractivity contribution < 1.29 is 9.47 Å². The molecule has 0 aromatic rings. The van der Waals surface area contributed by atoms with Crippen molar-refractivity contribution in [2.45, 2.75) is 45.6 Å². The van der Waals surface area contributed by atoms with Crippen LogP contribution in [0, 0.1) is 17.8 Å². The lowest BCUT2D eigenvalue weighted by Crippen LogP contribution is -2.43. The minimum atomic E-state index is 0.474. The van der Waals surface area contributed by atoms with Crippen LogP contribution in [0.4, 0.5) is 0 Å². The fraction of sp³-hybridized carbons (Fsp3) is 1.00. The molecule has 0 aromatic carbocycles. The molecule has 2 rings (SSSR count). The van der Waals surface area contributed by atoms with E-state index in [2.05, 4.69) is 19.2 Å². The molecule has 0 aliphatic carbocycles. The number of rotatable bonds is 5. The third kappa shape index (κ3) is 4.22.